The number of benzene rings is 1. The van der Waals surface area contributed by atoms with Gasteiger partial charge in [0.25, 0.3) is 5.91 Å². The van der Waals surface area contributed by atoms with Crippen LogP contribution in [0.5, 0.6) is 5.75 Å². The van der Waals surface area contributed by atoms with E-state index < -0.39 is 23.7 Å². The summed E-state index contributed by atoms with van der Waals surface area (Å²) in [6.07, 6.45) is 0.460. The van der Waals surface area contributed by atoms with Gasteiger partial charge in [-0.3, -0.25) is 9.78 Å². The lowest BCUT2D eigenvalue weighted by atomic mass is 10.1. The van der Waals surface area contributed by atoms with Crippen LogP contribution in [0.2, 0.25) is 0 Å². The van der Waals surface area contributed by atoms with Crippen molar-refractivity contribution in [3.8, 4) is 5.75 Å². The molecule has 152 valence electrons. The lowest BCUT2D eigenvalue weighted by Gasteiger charge is -2.22. The smallest absolute Gasteiger partial charge is 0.406 e. The SMILES string of the molecule is CCc1cnccc1CN1C(=O)N(c2ccc(OC(F)(F)F)cc2)C(=O)C12CC2. The van der Waals surface area contributed by atoms with Crippen LogP contribution in [0.1, 0.15) is 30.9 Å². The molecule has 2 fully saturated rings. The van der Waals surface area contributed by atoms with Gasteiger partial charge in [-0.15, -0.1) is 13.2 Å². The summed E-state index contributed by atoms with van der Waals surface area (Å²) in [7, 11) is 0. The first kappa shape index (κ1) is 19.2. The van der Waals surface area contributed by atoms with Crippen molar-refractivity contribution >= 4 is 17.6 Å². The van der Waals surface area contributed by atoms with E-state index in [2.05, 4.69) is 9.72 Å². The molecule has 1 saturated heterocycles. The highest BCUT2D eigenvalue weighted by molar-refractivity contribution is 6.24. The summed E-state index contributed by atoms with van der Waals surface area (Å²) < 4.78 is 40.9. The number of rotatable bonds is 5. The monoisotopic (exact) mass is 405 g/mol. The first-order chi connectivity index (χ1) is 13.7. The largest absolute Gasteiger partial charge is 0.573 e. The van der Waals surface area contributed by atoms with Crippen molar-refractivity contribution in [1.29, 1.82) is 0 Å². The van der Waals surface area contributed by atoms with Gasteiger partial charge in [0, 0.05) is 18.9 Å². The second-order valence-corrected chi connectivity index (χ2v) is 7.08. The molecule has 0 unspecified atom stereocenters. The highest BCUT2D eigenvalue weighted by Crippen LogP contribution is 2.50. The van der Waals surface area contributed by atoms with E-state index >= 15 is 0 Å². The zero-order valence-corrected chi connectivity index (χ0v) is 15.6. The maximum atomic E-state index is 13.1. The molecule has 1 saturated carbocycles. The number of aromatic nitrogens is 1. The molecule has 0 bridgehead atoms. The minimum Gasteiger partial charge on any atom is -0.406 e. The molecule has 9 heteroatoms. The van der Waals surface area contributed by atoms with Crippen molar-refractivity contribution in [2.45, 2.75) is 44.6 Å². The summed E-state index contributed by atoms with van der Waals surface area (Å²) in [5.41, 5.74) is 1.27. The Morgan fingerprint density at radius 2 is 1.79 bits per heavy atom. The van der Waals surface area contributed by atoms with Gasteiger partial charge >= 0.3 is 12.4 Å². The third-order valence-electron chi connectivity index (χ3n) is 5.31. The first-order valence-corrected chi connectivity index (χ1v) is 9.19. The van der Waals surface area contributed by atoms with Gasteiger partial charge in [0.15, 0.2) is 0 Å². The highest BCUT2D eigenvalue weighted by Gasteiger charge is 2.65. The third-order valence-corrected chi connectivity index (χ3v) is 5.31. The molecule has 0 N–H and O–H groups in total. The number of carbonyl (C=O) groups is 2. The molecule has 6 nitrogen and oxygen atoms in total. The topological polar surface area (TPSA) is 62.7 Å². The van der Waals surface area contributed by atoms with E-state index in [0.29, 0.717) is 12.8 Å². The van der Waals surface area contributed by atoms with Crippen LogP contribution in [0, 0.1) is 0 Å². The van der Waals surface area contributed by atoms with Crippen molar-refractivity contribution in [2.75, 3.05) is 4.90 Å². The molecule has 0 radical (unpaired) electrons. The number of urea groups is 1. The number of nitrogens with zero attached hydrogens (tertiary/aromatic N) is 3. The van der Waals surface area contributed by atoms with Gasteiger partial charge in [0.1, 0.15) is 11.3 Å². The Morgan fingerprint density at radius 3 is 2.38 bits per heavy atom. The molecule has 1 aliphatic carbocycles. The van der Waals surface area contributed by atoms with Gasteiger partial charge in [-0.25, -0.2) is 9.69 Å². The number of pyridine rings is 1. The Kier molecular flexibility index (Phi) is 4.48. The van der Waals surface area contributed by atoms with Crippen molar-refractivity contribution in [3.05, 3.63) is 53.9 Å². The number of hydrogen-bond donors (Lipinski definition) is 0. The molecular weight excluding hydrogens is 387 g/mol. The number of aryl methyl sites for hydroxylation is 1. The lowest BCUT2D eigenvalue weighted by Crippen LogP contribution is -2.36. The van der Waals surface area contributed by atoms with E-state index in [4.69, 9.17) is 0 Å². The molecule has 1 spiro atoms. The van der Waals surface area contributed by atoms with Crippen LogP contribution in [0.25, 0.3) is 0 Å². The summed E-state index contributed by atoms with van der Waals surface area (Å²) in [6, 6.07) is 6.09. The van der Waals surface area contributed by atoms with Gasteiger partial charge < -0.3 is 9.64 Å². The zero-order chi connectivity index (χ0) is 20.8. The van der Waals surface area contributed by atoms with Crippen molar-refractivity contribution in [2.24, 2.45) is 0 Å². The van der Waals surface area contributed by atoms with E-state index in [1.807, 2.05) is 13.0 Å². The van der Waals surface area contributed by atoms with Crippen LogP contribution in [-0.4, -0.2) is 33.7 Å². The van der Waals surface area contributed by atoms with Gasteiger partial charge in [-0.05, 0) is 60.7 Å². The van der Waals surface area contributed by atoms with Crippen molar-refractivity contribution in [1.82, 2.24) is 9.88 Å². The molecule has 1 aliphatic heterocycles. The normalized spacial score (nSPS) is 17.9. The number of imide groups is 1. The summed E-state index contributed by atoms with van der Waals surface area (Å²) in [5.74, 6) is -0.762. The zero-order valence-electron chi connectivity index (χ0n) is 15.6. The Bertz CT molecular complexity index is 955. The molecule has 2 aromatic rings. The predicted molar refractivity (Wildman–Crippen MR) is 97.1 cm³/mol. The van der Waals surface area contributed by atoms with E-state index in [9.17, 15) is 22.8 Å². The molecular formula is C20H18F3N3O3. The average molecular weight is 405 g/mol. The summed E-state index contributed by atoms with van der Waals surface area (Å²) >= 11 is 0. The van der Waals surface area contributed by atoms with E-state index in [1.165, 1.54) is 12.1 Å². The minimum atomic E-state index is -4.81. The van der Waals surface area contributed by atoms with Crippen molar-refractivity contribution < 1.29 is 27.5 Å². The highest BCUT2D eigenvalue weighted by atomic mass is 19.4. The van der Waals surface area contributed by atoms with E-state index in [-0.39, 0.29) is 18.1 Å². The molecule has 3 amide bonds. The minimum absolute atomic E-state index is 0.216. The van der Waals surface area contributed by atoms with Gasteiger partial charge in [0.05, 0.1) is 5.69 Å². The fourth-order valence-corrected chi connectivity index (χ4v) is 3.66. The number of anilines is 1. The maximum absolute atomic E-state index is 13.1. The third kappa shape index (κ3) is 3.41. The van der Waals surface area contributed by atoms with Crippen LogP contribution in [0.3, 0.4) is 0 Å². The molecule has 2 aliphatic rings. The van der Waals surface area contributed by atoms with Crippen LogP contribution in [0.4, 0.5) is 23.7 Å². The molecule has 29 heavy (non-hydrogen) atoms. The Morgan fingerprint density at radius 1 is 1.10 bits per heavy atom. The second-order valence-electron chi connectivity index (χ2n) is 7.08. The number of amides is 3. The fourth-order valence-electron chi connectivity index (χ4n) is 3.66. The van der Waals surface area contributed by atoms with Gasteiger partial charge in [-0.1, -0.05) is 6.92 Å². The molecule has 1 aromatic heterocycles. The molecule has 1 aromatic carbocycles. The Labute approximate surface area is 164 Å². The van der Waals surface area contributed by atoms with Crippen LogP contribution < -0.4 is 9.64 Å². The Hall–Kier alpha value is -3.10. The van der Waals surface area contributed by atoms with Gasteiger partial charge in [-0.2, -0.15) is 0 Å². The van der Waals surface area contributed by atoms with Crippen LogP contribution in [-0.2, 0) is 17.8 Å². The van der Waals surface area contributed by atoms with Gasteiger partial charge in [0.2, 0.25) is 0 Å². The summed E-state index contributed by atoms with van der Waals surface area (Å²) in [4.78, 5) is 32.8. The lowest BCUT2D eigenvalue weighted by molar-refractivity contribution is -0.274. The predicted octanol–water partition coefficient (Wildman–Crippen LogP) is 4.04. The number of ether oxygens (including phenoxy) is 1. The van der Waals surface area contributed by atoms with Crippen LogP contribution in [0.15, 0.2) is 42.7 Å². The average Bonchev–Trinajstić information content (AvgIpc) is 3.45. The number of alkyl halides is 3. The quantitative estimate of drug-likeness (QED) is 0.705. The van der Waals surface area contributed by atoms with E-state index in [0.717, 1.165) is 34.6 Å². The van der Waals surface area contributed by atoms with E-state index in [1.54, 1.807) is 17.3 Å². The molecule has 2 heterocycles. The van der Waals surface area contributed by atoms with Crippen LogP contribution >= 0.6 is 0 Å². The number of carbonyl (C=O) groups excluding carboxylic acids is 2. The maximum Gasteiger partial charge on any atom is 0.573 e. The number of hydrogen-bond acceptors (Lipinski definition) is 4. The first-order valence-electron chi connectivity index (χ1n) is 9.19. The standard InChI is InChI=1S/C20H18F3N3O3/c1-2-13-11-24-10-7-14(13)12-25-18(28)26(17(27)19(25)8-9-19)15-3-5-16(6-4-15)29-20(21,22)23/h3-7,10-11H,2,8-9,12H2,1H3. The number of halogens is 3. The fraction of sp³-hybridized carbons (Fsp3) is 0.350. The Balaban J connectivity index is 1.60. The summed E-state index contributed by atoms with van der Waals surface area (Å²) in [5, 5.41) is 0. The van der Waals surface area contributed by atoms with Crippen molar-refractivity contribution in [3.63, 3.8) is 0 Å². The summed E-state index contributed by atoms with van der Waals surface area (Å²) in [6.45, 7) is 2.27. The molecule has 4 rings (SSSR count). The molecule has 0 atom stereocenters. The second kappa shape index (κ2) is 6.75.